The first kappa shape index (κ1) is 21.2. The number of halogens is 4. The highest BCUT2D eigenvalue weighted by molar-refractivity contribution is 5.80. The van der Waals surface area contributed by atoms with E-state index >= 15 is 0 Å². The summed E-state index contributed by atoms with van der Waals surface area (Å²) in [6, 6.07) is 9.77. The molecule has 5 nitrogen and oxygen atoms in total. The van der Waals surface area contributed by atoms with E-state index in [2.05, 4.69) is 10.1 Å². The van der Waals surface area contributed by atoms with Crippen molar-refractivity contribution in [3.05, 3.63) is 65.5 Å². The van der Waals surface area contributed by atoms with Crippen LogP contribution in [0.4, 0.5) is 17.6 Å². The predicted molar refractivity (Wildman–Crippen MR) is 91.2 cm³/mol. The van der Waals surface area contributed by atoms with Gasteiger partial charge in [-0.2, -0.15) is 13.2 Å². The molecule has 0 aliphatic heterocycles. The number of carbonyl (C=O) groups is 2. The van der Waals surface area contributed by atoms with Gasteiger partial charge in [0.05, 0.1) is 18.9 Å². The Labute approximate surface area is 157 Å². The third-order valence-electron chi connectivity index (χ3n) is 3.65. The van der Waals surface area contributed by atoms with Gasteiger partial charge in [-0.05, 0) is 35.4 Å². The van der Waals surface area contributed by atoms with E-state index in [1.807, 2.05) is 0 Å². The van der Waals surface area contributed by atoms with Crippen molar-refractivity contribution in [1.82, 2.24) is 5.32 Å². The van der Waals surface area contributed by atoms with Crippen LogP contribution in [0.2, 0.25) is 0 Å². The van der Waals surface area contributed by atoms with Gasteiger partial charge < -0.3 is 15.2 Å². The molecule has 1 amide bonds. The Morgan fingerprint density at radius 1 is 1.11 bits per heavy atom. The van der Waals surface area contributed by atoms with Crippen LogP contribution in [-0.4, -0.2) is 29.8 Å². The molecule has 150 valence electrons. The first-order valence-corrected chi connectivity index (χ1v) is 8.17. The van der Waals surface area contributed by atoms with E-state index in [4.69, 9.17) is 5.11 Å². The van der Waals surface area contributed by atoms with Crippen molar-refractivity contribution in [2.24, 2.45) is 0 Å². The topological polar surface area (TPSA) is 75.6 Å². The standard InChI is InChI=1S/C19H17F4NO4/c20-14-6-4-13(5-7-14)16(10-18(26)27)24-17(25)9-12-2-1-3-15(8-12)28-11-19(21,22)23/h1-8,16H,9-11H2,(H,24,25)(H,26,27). The number of nitrogens with one attached hydrogen (secondary N) is 1. The van der Waals surface area contributed by atoms with Gasteiger partial charge in [0, 0.05) is 0 Å². The number of carboxylic acid groups (broad SMARTS) is 1. The number of carboxylic acids is 1. The zero-order valence-electron chi connectivity index (χ0n) is 14.5. The van der Waals surface area contributed by atoms with Crippen LogP contribution in [0.3, 0.4) is 0 Å². The number of alkyl halides is 3. The first-order chi connectivity index (χ1) is 13.1. The number of amides is 1. The van der Waals surface area contributed by atoms with E-state index in [9.17, 15) is 27.2 Å². The fourth-order valence-corrected chi connectivity index (χ4v) is 2.46. The maximum absolute atomic E-state index is 13.1. The number of hydrogen-bond acceptors (Lipinski definition) is 3. The Hall–Kier alpha value is -3.10. The van der Waals surface area contributed by atoms with E-state index in [0.29, 0.717) is 11.1 Å². The summed E-state index contributed by atoms with van der Waals surface area (Å²) in [5, 5.41) is 11.6. The Kier molecular flexibility index (Phi) is 6.97. The molecule has 0 saturated heterocycles. The molecule has 2 aromatic rings. The van der Waals surface area contributed by atoms with Gasteiger partial charge in [-0.15, -0.1) is 0 Å². The number of hydrogen-bond donors (Lipinski definition) is 2. The Morgan fingerprint density at radius 2 is 1.79 bits per heavy atom. The molecular formula is C19H17F4NO4. The summed E-state index contributed by atoms with van der Waals surface area (Å²) < 4.78 is 54.4. The summed E-state index contributed by atoms with van der Waals surface area (Å²) in [5.74, 6) is -2.23. The quantitative estimate of drug-likeness (QED) is 0.665. The molecular weight excluding hydrogens is 382 g/mol. The van der Waals surface area contributed by atoms with Gasteiger partial charge in [0.2, 0.25) is 5.91 Å². The van der Waals surface area contributed by atoms with Gasteiger partial charge in [0.15, 0.2) is 6.61 Å². The monoisotopic (exact) mass is 399 g/mol. The van der Waals surface area contributed by atoms with Crippen molar-refractivity contribution in [2.45, 2.75) is 25.1 Å². The highest BCUT2D eigenvalue weighted by atomic mass is 19.4. The number of aliphatic carboxylic acids is 1. The molecule has 0 spiro atoms. The Balaban J connectivity index is 2.04. The predicted octanol–water partition coefficient (Wildman–Crippen LogP) is 3.64. The molecule has 1 atom stereocenters. The molecule has 2 N–H and O–H groups in total. The molecule has 2 rings (SSSR count). The maximum Gasteiger partial charge on any atom is 0.422 e. The van der Waals surface area contributed by atoms with Crippen LogP contribution in [0, 0.1) is 5.82 Å². The lowest BCUT2D eigenvalue weighted by Crippen LogP contribution is -2.31. The minimum Gasteiger partial charge on any atom is -0.484 e. The number of carbonyl (C=O) groups excluding carboxylic acids is 1. The average molecular weight is 399 g/mol. The average Bonchev–Trinajstić information content (AvgIpc) is 2.59. The minimum atomic E-state index is -4.48. The summed E-state index contributed by atoms with van der Waals surface area (Å²) in [6.07, 6.45) is -5.08. The van der Waals surface area contributed by atoms with E-state index in [0.717, 1.165) is 12.1 Å². The molecule has 2 aromatic carbocycles. The van der Waals surface area contributed by atoms with Crippen LogP contribution in [0.5, 0.6) is 5.75 Å². The van der Waals surface area contributed by atoms with E-state index in [-0.39, 0.29) is 12.2 Å². The second kappa shape index (κ2) is 9.20. The van der Waals surface area contributed by atoms with Gasteiger partial charge in [-0.1, -0.05) is 24.3 Å². The van der Waals surface area contributed by atoms with Gasteiger partial charge in [0.1, 0.15) is 11.6 Å². The van der Waals surface area contributed by atoms with Gasteiger partial charge in [0.25, 0.3) is 0 Å². The zero-order chi connectivity index (χ0) is 20.7. The van der Waals surface area contributed by atoms with Gasteiger partial charge in [-0.25, -0.2) is 4.39 Å². The third kappa shape index (κ3) is 7.26. The van der Waals surface area contributed by atoms with Crippen molar-refractivity contribution >= 4 is 11.9 Å². The van der Waals surface area contributed by atoms with Crippen LogP contribution in [-0.2, 0) is 16.0 Å². The second-order valence-electron chi connectivity index (χ2n) is 6.00. The van der Waals surface area contributed by atoms with E-state index < -0.39 is 42.9 Å². The molecule has 1 unspecified atom stereocenters. The maximum atomic E-state index is 13.1. The number of rotatable bonds is 8. The number of benzene rings is 2. The minimum absolute atomic E-state index is 0.0387. The molecule has 0 aliphatic carbocycles. The molecule has 0 saturated carbocycles. The van der Waals surface area contributed by atoms with Crippen LogP contribution >= 0.6 is 0 Å². The smallest absolute Gasteiger partial charge is 0.422 e. The second-order valence-corrected chi connectivity index (χ2v) is 6.00. The lowest BCUT2D eigenvalue weighted by atomic mass is 10.0. The largest absolute Gasteiger partial charge is 0.484 e. The molecule has 0 fully saturated rings. The van der Waals surface area contributed by atoms with E-state index in [1.165, 1.54) is 36.4 Å². The first-order valence-electron chi connectivity index (χ1n) is 8.17. The van der Waals surface area contributed by atoms with Crippen LogP contribution < -0.4 is 10.1 Å². The van der Waals surface area contributed by atoms with Crippen molar-refractivity contribution in [1.29, 1.82) is 0 Å². The lowest BCUT2D eigenvalue weighted by molar-refractivity contribution is -0.153. The molecule has 0 bridgehead atoms. The number of ether oxygens (including phenoxy) is 1. The summed E-state index contributed by atoms with van der Waals surface area (Å²) in [7, 11) is 0. The van der Waals surface area contributed by atoms with E-state index in [1.54, 1.807) is 0 Å². The van der Waals surface area contributed by atoms with Crippen molar-refractivity contribution < 1.29 is 37.0 Å². The summed E-state index contributed by atoms with van der Waals surface area (Å²) >= 11 is 0. The molecule has 9 heteroatoms. The van der Waals surface area contributed by atoms with Crippen LogP contribution in [0.15, 0.2) is 48.5 Å². The van der Waals surface area contributed by atoms with Crippen molar-refractivity contribution in [3.63, 3.8) is 0 Å². The Morgan fingerprint density at radius 3 is 2.39 bits per heavy atom. The lowest BCUT2D eigenvalue weighted by Gasteiger charge is -2.18. The molecule has 0 aliphatic rings. The van der Waals surface area contributed by atoms with Crippen molar-refractivity contribution in [3.8, 4) is 5.75 Å². The summed E-state index contributed by atoms with van der Waals surface area (Å²) in [4.78, 5) is 23.3. The molecule has 0 heterocycles. The molecule has 0 radical (unpaired) electrons. The highest BCUT2D eigenvalue weighted by Gasteiger charge is 2.28. The molecule has 28 heavy (non-hydrogen) atoms. The third-order valence-corrected chi connectivity index (χ3v) is 3.65. The fourth-order valence-electron chi connectivity index (χ4n) is 2.46. The SMILES string of the molecule is O=C(O)CC(NC(=O)Cc1cccc(OCC(F)(F)F)c1)c1ccc(F)cc1. The van der Waals surface area contributed by atoms with Gasteiger partial charge >= 0.3 is 12.1 Å². The van der Waals surface area contributed by atoms with Crippen LogP contribution in [0.1, 0.15) is 23.6 Å². The van der Waals surface area contributed by atoms with Crippen molar-refractivity contribution in [2.75, 3.05) is 6.61 Å². The fraction of sp³-hybridized carbons (Fsp3) is 0.263. The summed E-state index contributed by atoms with van der Waals surface area (Å²) in [5.41, 5.74) is 0.810. The normalized spacial score (nSPS) is 12.3. The summed E-state index contributed by atoms with van der Waals surface area (Å²) in [6.45, 7) is -1.45. The van der Waals surface area contributed by atoms with Crippen LogP contribution in [0.25, 0.3) is 0 Å². The highest BCUT2D eigenvalue weighted by Crippen LogP contribution is 2.21. The zero-order valence-corrected chi connectivity index (χ0v) is 14.5. The molecule has 0 aromatic heterocycles. The van der Waals surface area contributed by atoms with Gasteiger partial charge in [-0.3, -0.25) is 9.59 Å². The Bertz CT molecular complexity index is 821.